The van der Waals surface area contributed by atoms with Gasteiger partial charge in [-0.15, -0.1) is 0 Å². The number of nitrogens with one attached hydrogen (secondary N) is 2. The Balaban J connectivity index is 1.69. The number of aromatic nitrogens is 6. The molecule has 0 aliphatic carbocycles. The van der Waals surface area contributed by atoms with Gasteiger partial charge in [-0.3, -0.25) is 0 Å². The molecule has 2 rings (SSSR count). The first kappa shape index (κ1) is 24.2. The van der Waals surface area contributed by atoms with E-state index in [-0.39, 0.29) is 5.92 Å². The molecule has 1 unspecified atom stereocenters. The van der Waals surface area contributed by atoms with Crippen LogP contribution in [-0.4, -0.2) is 60.5 Å². The van der Waals surface area contributed by atoms with Gasteiger partial charge in [0.2, 0.25) is 11.9 Å². The summed E-state index contributed by atoms with van der Waals surface area (Å²) in [6.45, 7) is 0. The number of hydrogen-bond donors (Lipinski definition) is 4. The van der Waals surface area contributed by atoms with Crippen molar-refractivity contribution in [3.8, 4) is 0 Å². The lowest BCUT2D eigenvalue weighted by Crippen LogP contribution is -2.42. The molecule has 0 aromatic carbocycles. The van der Waals surface area contributed by atoms with Crippen molar-refractivity contribution in [3.63, 3.8) is 0 Å². The molecular weight excluding hydrogens is 404 g/mol. The molecule has 0 aliphatic heterocycles. The number of aromatic amines is 2. The standard InChI is InChI=1S/C18H36N8O3Si/c1-27-30(28-2,29-3)13-12-14(16-22-18(20)26-24-16)10-8-6-4-5-7-9-11-15-21-17(19)25-23-15/h14H,4-13H2,1-3H3,(H3,19,21,23,25)(H3,20,22,24,26). The number of anilines is 2. The zero-order valence-corrected chi connectivity index (χ0v) is 19.3. The van der Waals surface area contributed by atoms with Crippen LogP contribution in [0.25, 0.3) is 0 Å². The molecule has 0 aliphatic rings. The first-order chi connectivity index (χ1) is 14.5. The van der Waals surface area contributed by atoms with Crippen molar-refractivity contribution in [2.45, 2.75) is 69.7 Å². The van der Waals surface area contributed by atoms with E-state index in [4.69, 9.17) is 24.7 Å². The van der Waals surface area contributed by atoms with E-state index >= 15 is 0 Å². The number of unbranched alkanes of at least 4 members (excludes halogenated alkanes) is 5. The molecule has 0 fully saturated rings. The van der Waals surface area contributed by atoms with Gasteiger partial charge in [-0.25, -0.2) is 10.2 Å². The number of rotatable bonds is 16. The van der Waals surface area contributed by atoms with Gasteiger partial charge >= 0.3 is 8.80 Å². The molecule has 6 N–H and O–H groups in total. The lowest BCUT2D eigenvalue weighted by molar-refractivity contribution is 0.122. The maximum absolute atomic E-state index is 5.73. The Bertz CT molecular complexity index is 714. The van der Waals surface area contributed by atoms with Crippen LogP contribution in [0.15, 0.2) is 0 Å². The van der Waals surface area contributed by atoms with Crippen molar-refractivity contribution in [1.82, 2.24) is 30.4 Å². The Kier molecular flexibility index (Phi) is 10.2. The van der Waals surface area contributed by atoms with Crippen LogP contribution < -0.4 is 11.5 Å². The Labute approximate surface area is 179 Å². The fraction of sp³-hybridized carbons (Fsp3) is 0.778. The monoisotopic (exact) mass is 440 g/mol. The molecular formula is C18H36N8O3Si. The van der Waals surface area contributed by atoms with Gasteiger partial charge in [-0.2, -0.15) is 20.2 Å². The quantitative estimate of drug-likeness (QED) is 0.227. The molecule has 170 valence electrons. The first-order valence-electron chi connectivity index (χ1n) is 10.5. The fourth-order valence-corrected chi connectivity index (χ4v) is 5.40. The zero-order chi connectivity index (χ0) is 21.8. The molecule has 2 aromatic rings. The SMILES string of the molecule is CO[Si](CCC(CCCCCCCCc1n[nH]c(N)n1)c1n[nH]c(N)n1)(OC)OC. The van der Waals surface area contributed by atoms with Crippen LogP contribution in [0.3, 0.4) is 0 Å². The highest BCUT2D eigenvalue weighted by molar-refractivity contribution is 6.60. The van der Waals surface area contributed by atoms with Gasteiger partial charge in [0.1, 0.15) is 0 Å². The summed E-state index contributed by atoms with van der Waals surface area (Å²) in [6.07, 6.45) is 9.62. The number of aryl methyl sites for hydroxylation is 1. The highest BCUT2D eigenvalue weighted by atomic mass is 28.4. The van der Waals surface area contributed by atoms with Crippen molar-refractivity contribution in [1.29, 1.82) is 0 Å². The molecule has 0 bridgehead atoms. The molecule has 1 atom stereocenters. The molecule has 11 nitrogen and oxygen atoms in total. The molecule has 2 heterocycles. The summed E-state index contributed by atoms with van der Waals surface area (Å²) in [5.74, 6) is 2.47. The molecule has 0 amide bonds. The first-order valence-corrected chi connectivity index (χ1v) is 12.4. The fourth-order valence-electron chi connectivity index (χ4n) is 3.58. The smallest absolute Gasteiger partial charge is 0.377 e. The summed E-state index contributed by atoms with van der Waals surface area (Å²) in [4.78, 5) is 8.46. The molecule has 2 aromatic heterocycles. The van der Waals surface area contributed by atoms with Gasteiger partial charge < -0.3 is 24.7 Å². The summed E-state index contributed by atoms with van der Waals surface area (Å²) in [6, 6.07) is 0.710. The Morgan fingerprint density at radius 1 is 0.800 bits per heavy atom. The maximum atomic E-state index is 5.73. The highest BCUT2D eigenvalue weighted by Gasteiger charge is 2.38. The lowest BCUT2D eigenvalue weighted by atomic mass is 9.97. The third-order valence-electron chi connectivity index (χ3n) is 5.37. The van der Waals surface area contributed by atoms with Crippen LogP contribution in [0.4, 0.5) is 11.9 Å². The lowest BCUT2D eigenvalue weighted by Gasteiger charge is -2.25. The molecule has 30 heavy (non-hydrogen) atoms. The Hall–Kier alpha value is -2.02. The number of nitrogens with zero attached hydrogens (tertiary/aromatic N) is 4. The van der Waals surface area contributed by atoms with E-state index in [0.29, 0.717) is 17.9 Å². The summed E-state index contributed by atoms with van der Waals surface area (Å²) < 4.78 is 16.6. The second kappa shape index (κ2) is 12.6. The third kappa shape index (κ3) is 7.67. The minimum absolute atomic E-state index is 0.196. The topological polar surface area (TPSA) is 163 Å². The van der Waals surface area contributed by atoms with Crippen LogP contribution in [0, 0.1) is 0 Å². The van der Waals surface area contributed by atoms with Crippen molar-refractivity contribution in [2.75, 3.05) is 32.8 Å². The zero-order valence-electron chi connectivity index (χ0n) is 18.3. The molecule has 0 radical (unpaired) electrons. The summed E-state index contributed by atoms with van der Waals surface area (Å²) in [7, 11) is 2.29. The van der Waals surface area contributed by atoms with E-state index in [1.807, 2.05) is 0 Å². The van der Waals surface area contributed by atoms with E-state index in [2.05, 4.69) is 30.4 Å². The predicted octanol–water partition coefficient (Wildman–Crippen LogP) is 2.41. The highest BCUT2D eigenvalue weighted by Crippen LogP contribution is 2.29. The van der Waals surface area contributed by atoms with Gasteiger partial charge in [0.25, 0.3) is 0 Å². The van der Waals surface area contributed by atoms with E-state index in [9.17, 15) is 0 Å². The Morgan fingerprint density at radius 3 is 1.97 bits per heavy atom. The minimum Gasteiger partial charge on any atom is -0.377 e. The van der Waals surface area contributed by atoms with Crippen molar-refractivity contribution < 1.29 is 13.3 Å². The van der Waals surface area contributed by atoms with Gasteiger partial charge in [0, 0.05) is 39.7 Å². The van der Waals surface area contributed by atoms with Crippen molar-refractivity contribution in [2.24, 2.45) is 0 Å². The summed E-state index contributed by atoms with van der Waals surface area (Å²) >= 11 is 0. The van der Waals surface area contributed by atoms with Crippen LogP contribution in [0.1, 0.15) is 68.9 Å². The predicted molar refractivity (Wildman–Crippen MR) is 117 cm³/mol. The largest absolute Gasteiger partial charge is 0.500 e. The molecule has 0 spiro atoms. The second-order valence-electron chi connectivity index (χ2n) is 7.41. The van der Waals surface area contributed by atoms with E-state index in [1.54, 1.807) is 21.3 Å². The number of hydrogen-bond acceptors (Lipinski definition) is 9. The molecule has 0 saturated carbocycles. The average Bonchev–Trinajstić information content (AvgIpc) is 3.37. The molecule has 12 heteroatoms. The van der Waals surface area contributed by atoms with Crippen LogP contribution in [-0.2, 0) is 19.7 Å². The summed E-state index contributed by atoms with van der Waals surface area (Å²) in [5.41, 5.74) is 11.3. The second-order valence-corrected chi connectivity index (χ2v) is 10.5. The third-order valence-corrected chi connectivity index (χ3v) is 8.14. The number of nitrogen functional groups attached to an aromatic ring is 2. The van der Waals surface area contributed by atoms with E-state index in [0.717, 1.165) is 43.8 Å². The summed E-state index contributed by atoms with van der Waals surface area (Å²) in [5, 5.41) is 13.7. The average molecular weight is 441 g/mol. The number of nitrogens with two attached hydrogens (primary N) is 2. The number of H-pyrrole nitrogens is 2. The van der Waals surface area contributed by atoms with Crippen molar-refractivity contribution >= 4 is 20.7 Å². The normalized spacial score (nSPS) is 13.0. The Morgan fingerprint density at radius 2 is 1.40 bits per heavy atom. The van der Waals surface area contributed by atoms with Crippen LogP contribution in [0.2, 0.25) is 6.04 Å². The molecule has 0 saturated heterocycles. The van der Waals surface area contributed by atoms with Crippen LogP contribution in [0.5, 0.6) is 0 Å². The van der Waals surface area contributed by atoms with Crippen molar-refractivity contribution in [3.05, 3.63) is 11.6 Å². The van der Waals surface area contributed by atoms with Gasteiger partial charge in [-0.05, 0) is 19.3 Å². The van der Waals surface area contributed by atoms with E-state index < -0.39 is 8.80 Å². The van der Waals surface area contributed by atoms with Gasteiger partial charge in [-0.1, -0.05) is 32.1 Å². The van der Waals surface area contributed by atoms with Gasteiger partial charge in [0.05, 0.1) is 0 Å². The minimum atomic E-state index is -2.62. The maximum Gasteiger partial charge on any atom is 0.500 e. The van der Waals surface area contributed by atoms with E-state index in [1.165, 1.54) is 25.7 Å². The van der Waals surface area contributed by atoms with Crippen LogP contribution >= 0.6 is 0 Å². The van der Waals surface area contributed by atoms with Gasteiger partial charge in [0.15, 0.2) is 11.6 Å².